The van der Waals surface area contributed by atoms with Gasteiger partial charge in [-0.3, -0.25) is 0 Å². The summed E-state index contributed by atoms with van der Waals surface area (Å²) in [5.41, 5.74) is 0. The van der Waals surface area contributed by atoms with E-state index >= 15 is 0 Å². The van der Waals surface area contributed by atoms with Gasteiger partial charge in [0, 0.05) is 13.1 Å². The number of nitrogens with zero attached hydrogens (tertiary/aromatic N) is 2. The highest BCUT2D eigenvalue weighted by molar-refractivity contribution is 4.78. The zero-order valence-corrected chi connectivity index (χ0v) is 10.5. The standard InChI is InChI=1S/C13H25FN2/c1-2-15-8-5-12(6-9-15)10-16-7-3-4-13(14)11-16/h12-13H,2-11H2,1H3. The molecule has 0 aromatic rings. The van der Waals surface area contributed by atoms with E-state index in [0.717, 1.165) is 31.8 Å². The van der Waals surface area contributed by atoms with Gasteiger partial charge in [-0.2, -0.15) is 0 Å². The first-order chi connectivity index (χ1) is 7.78. The van der Waals surface area contributed by atoms with E-state index in [1.54, 1.807) is 0 Å². The van der Waals surface area contributed by atoms with Gasteiger partial charge in [0.1, 0.15) is 6.17 Å². The zero-order valence-electron chi connectivity index (χ0n) is 10.5. The molecule has 1 unspecified atom stereocenters. The van der Waals surface area contributed by atoms with E-state index in [0.29, 0.717) is 6.54 Å². The highest BCUT2D eigenvalue weighted by atomic mass is 19.1. The van der Waals surface area contributed by atoms with Crippen LogP contribution in [0.3, 0.4) is 0 Å². The van der Waals surface area contributed by atoms with Crippen molar-refractivity contribution < 1.29 is 4.39 Å². The Balaban J connectivity index is 1.69. The van der Waals surface area contributed by atoms with Crippen LogP contribution in [0.4, 0.5) is 4.39 Å². The molecule has 2 aliphatic heterocycles. The van der Waals surface area contributed by atoms with Crippen LogP contribution in [0.15, 0.2) is 0 Å². The molecule has 0 aromatic carbocycles. The first kappa shape index (κ1) is 12.3. The van der Waals surface area contributed by atoms with Crippen molar-refractivity contribution >= 4 is 0 Å². The second-order valence-corrected chi connectivity index (χ2v) is 5.38. The predicted octanol–water partition coefficient (Wildman–Crippen LogP) is 2.15. The number of piperidine rings is 2. The first-order valence-corrected chi connectivity index (χ1v) is 6.86. The van der Waals surface area contributed by atoms with E-state index in [2.05, 4.69) is 16.7 Å². The predicted molar refractivity (Wildman–Crippen MR) is 65.4 cm³/mol. The first-order valence-electron chi connectivity index (χ1n) is 6.86. The van der Waals surface area contributed by atoms with Gasteiger partial charge in [-0.15, -0.1) is 0 Å². The van der Waals surface area contributed by atoms with Gasteiger partial charge in [0.05, 0.1) is 0 Å². The van der Waals surface area contributed by atoms with Crippen molar-refractivity contribution in [1.82, 2.24) is 9.80 Å². The molecular weight excluding hydrogens is 203 g/mol. The van der Waals surface area contributed by atoms with E-state index in [-0.39, 0.29) is 0 Å². The molecule has 16 heavy (non-hydrogen) atoms. The van der Waals surface area contributed by atoms with E-state index in [1.165, 1.54) is 32.5 Å². The number of rotatable bonds is 3. The maximum atomic E-state index is 13.3. The number of hydrogen-bond acceptors (Lipinski definition) is 2. The maximum Gasteiger partial charge on any atom is 0.113 e. The molecule has 0 N–H and O–H groups in total. The summed E-state index contributed by atoms with van der Waals surface area (Å²) >= 11 is 0. The summed E-state index contributed by atoms with van der Waals surface area (Å²) in [5, 5.41) is 0. The van der Waals surface area contributed by atoms with Crippen molar-refractivity contribution in [2.24, 2.45) is 5.92 Å². The van der Waals surface area contributed by atoms with Crippen LogP contribution in [0.25, 0.3) is 0 Å². The fourth-order valence-corrected chi connectivity index (χ4v) is 3.02. The van der Waals surface area contributed by atoms with Gasteiger partial charge in [0.2, 0.25) is 0 Å². The molecule has 0 aliphatic carbocycles. The Morgan fingerprint density at radius 2 is 1.81 bits per heavy atom. The summed E-state index contributed by atoms with van der Waals surface area (Å²) in [6, 6.07) is 0. The third-order valence-electron chi connectivity index (χ3n) is 4.12. The van der Waals surface area contributed by atoms with Crippen LogP contribution in [0.1, 0.15) is 32.6 Å². The molecule has 2 nitrogen and oxygen atoms in total. The quantitative estimate of drug-likeness (QED) is 0.730. The average molecular weight is 228 g/mol. The molecule has 94 valence electrons. The Kier molecular flexibility index (Phi) is 4.59. The van der Waals surface area contributed by atoms with Gasteiger partial charge in [0.15, 0.2) is 0 Å². The maximum absolute atomic E-state index is 13.3. The number of alkyl halides is 1. The molecule has 3 heteroatoms. The van der Waals surface area contributed by atoms with Crippen LogP contribution >= 0.6 is 0 Å². The van der Waals surface area contributed by atoms with Crippen molar-refractivity contribution in [1.29, 1.82) is 0 Å². The smallest absolute Gasteiger partial charge is 0.113 e. The third-order valence-corrected chi connectivity index (χ3v) is 4.12. The van der Waals surface area contributed by atoms with Crippen molar-refractivity contribution in [3.8, 4) is 0 Å². The van der Waals surface area contributed by atoms with Gasteiger partial charge >= 0.3 is 0 Å². The molecule has 0 aromatic heterocycles. The molecule has 2 rings (SSSR count). The Bertz CT molecular complexity index is 202. The van der Waals surface area contributed by atoms with Crippen molar-refractivity contribution in [2.45, 2.75) is 38.8 Å². The number of hydrogen-bond donors (Lipinski definition) is 0. The second-order valence-electron chi connectivity index (χ2n) is 5.38. The molecule has 2 heterocycles. The summed E-state index contributed by atoms with van der Waals surface area (Å²) in [6.45, 7) is 8.85. The molecular formula is C13H25FN2. The molecule has 2 saturated heterocycles. The lowest BCUT2D eigenvalue weighted by molar-refractivity contribution is 0.0982. The Hall–Kier alpha value is -0.150. The van der Waals surface area contributed by atoms with Crippen molar-refractivity contribution in [3.63, 3.8) is 0 Å². The van der Waals surface area contributed by atoms with Crippen LogP contribution in [0, 0.1) is 5.92 Å². The van der Waals surface area contributed by atoms with Gasteiger partial charge in [-0.05, 0) is 57.8 Å². The summed E-state index contributed by atoms with van der Waals surface area (Å²) in [5.74, 6) is 0.813. The van der Waals surface area contributed by atoms with Crippen LogP contribution in [0.5, 0.6) is 0 Å². The van der Waals surface area contributed by atoms with Crippen LogP contribution in [-0.2, 0) is 0 Å². The topological polar surface area (TPSA) is 6.48 Å². The highest BCUT2D eigenvalue weighted by Crippen LogP contribution is 2.21. The summed E-state index contributed by atoms with van der Waals surface area (Å²) in [6.07, 6.45) is 3.88. The van der Waals surface area contributed by atoms with Crippen molar-refractivity contribution in [3.05, 3.63) is 0 Å². The molecule has 0 saturated carbocycles. The lowest BCUT2D eigenvalue weighted by atomic mass is 9.95. The minimum absolute atomic E-state index is 0.565. The Morgan fingerprint density at radius 1 is 1.06 bits per heavy atom. The van der Waals surface area contributed by atoms with E-state index in [1.807, 2.05) is 0 Å². The fraction of sp³-hybridized carbons (Fsp3) is 1.00. The monoisotopic (exact) mass is 228 g/mol. The second kappa shape index (κ2) is 5.97. The molecule has 0 bridgehead atoms. The number of likely N-dealkylation sites (tertiary alicyclic amines) is 2. The van der Waals surface area contributed by atoms with E-state index in [9.17, 15) is 4.39 Å². The van der Waals surface area contributed by atoms with E-state index in [4.69, 9.17) is 0 Å². The Labute approximate surface area is 98.8 Å². The largest absolute Gasteiger partial charge is 0.304 e. The molecule has 2 fully saturated rings. The highest BCUT2D eigenvalue weighted by Gasteiger charge is 2.24. The lowest BCUT2D eigenvalue weighted by Crippen LogP contribution is -2.42. The average Bonchev–Trinajstić information content (AvgIpc) is 2.30. The van der Waals surface area contributed by atoms with Crippen LogP contribution < -0.4 is 0 Å². The van der Waals surface area contributed by atoms with Crippen LogP contribution in [-0.4, -0.2) is 55.2 Å². The minimum atomic E-state index is -0.565. The molecule has 1 atom stereocenters. The zero-order chi connectivity index (χ0) is 11.4. The summed E-state index contributed by atoms with van der Waals surface area (Å²) in [7, 11) is 0. The van der Waals surface area contributed by atoms with Gasteiger partial charge < -0.3 is 9.80 Å². The Morgan fingerprint density at radius 3 is 2.44 bits per heavy atom. The molecule has 0 spiro atoms. The minimum Gasteiger partial charge on any atom is -0.304 e. The summed E-state index contributed by atoms with van der Waals surface area (Å²) in [4.78, 5) is 4.87. The van der Waals surface area contributed by atoms with Gasteiger partial charge in [-0.25, -0.2) is 4.39 Å². The fourth-order valence-electron chi connectivity index (χ4n) is 3.02. The summed E-state index contributed by atoms with van der Waals surface area (Å²) < 4.78 is 13.3. The molecule has 0 radical (unpaired) electrons. The SMILES string of the molecule is CCN1CCC(CN2CCCC(F)C2)CC1. The lowest BCUT2D eigenvalue weighted by Gasteiger charge is -2.36. The van der Waals surface area contributed by atoms with Crippen LogP contribution in [0.2, 0.25) is 0 Å². The van der Waals surface area contributed by atoms with E-state index < -0.39 is 6.17 Å². The molecule has 2 aliphatic rings. The number of halogens is 1. The third kappa shape index (κ3) is 3.42. The molecule has 0 amide bonds. The van der Waals surface area contributed by atoms with Gasteiger partial charge in [-0.1, -0.05) is 6.92 Å². The van der Waals surface area contributed by atoms with Crippen molar-refractivity contribution in [2.75, 3.05) is 39.3 Å². The van der Waals surface area contributed by atoms with Gasteiger partial charge in [0.25, 0.3) is 0 Å². The normalized spacial score (nSPS) is 30.8.